The lowest BCUT2D eigenvalue weighted by Crippen LogP contribution is -2.53. The second kappa shape index (κ2) is 5.86. The summed E-state index contributed by atoms with van der Waals surface area (Å²) in [6.45, 7) is 5.94. The van der Waals surface area contributed by atoms with Gasteiger partial charge in [-0.15, -0.1) is 0 Å². The molecule has 0 spiro atoms. The number of aliphatic carboxylic acids is 1. The number of nitrogens with zero attached hydrogens (tertiary/aromatic N) is 1. The highest BCUT2D eigenvalue weighted by molar-refractivity contribution is 5.74. The van der Waals surface area contributed by atoms with Crippen molar-refractivity contribution in [2.45, 2.75) is 32.3 Å². The van der Waals surface area contributed by atoms with Crippen molar-refractivity contribution in [3.8, 4) is 0 Å². The molecule has 1 aliphatic heterocycles. The first kappa shape index (κ1) is 13.8. The number of morpholine rings is 1. The fraction of sp³-hybridized carbons (Fsp3) is 0.818. The number of carboxylic acid groups (broad SMARTS) is 1. The molecule has 0 radical (unpaired) electrons. The van der Waals surface area contributed by atoms with E-state index in [1.54, 1.807) is 4.90 Å². The molecule has 2 N–H and O–H groups in total. The molecule has 0 aromatic carbocycles. The Labute approximate surface area is 101 Å². The number of rotatable bonds is 4. The lowest BCUT2D eigenvalue weighted by molar-refractivity contribution is -0.137. The fourth-order valence-electron chi connectivity index (χ4n) is 1.74. The zero-order valence-electron chi connectivity index (χ0n) is 10.4. The van der Waals surface area contributed by atoms with Crippen LogP contribution < -0.4 is 5.32 Å². The van der Waals surface area contributed by atoms with Gasteiger partial charge in [-0.1, -0.05) is 0 Å². The van der Waals surface area contributed by atoms with Crippen molar-refractivity contribution in [2.24, 2.45) is 0 Å². The topological polar surface area (TPSA) is 78.9 Å². The molecule has 1 saturated heterocycles. The van der Waals surface area contributed by atoms with Gasteiger partial charge in [0.2, 0.25) is 0 Å². The maximum Gasteiger partial charge on any atom is 0.317 e. The zero-order valence-corrected chi connectivity index (χ0v) is 10.4. The quantitative estimate of drug-likeness (QED) is 0.712. The minimum atomic E-state index is -0.841. The van der Waals surface area contributed by atoms with Gasteiger partial charge in [0, 0.05) is 19.5 Å². The standard InChI is InChI=1S/C11H20N2O4/c1-11(2)8-13(6-7-17-11)10(16)12-5-3-4-9(14)15/h3-8H2,1-2H3,(H,12,16)(H,14,15). The van der Waals surface area contributed by atoms with Crippen LogP contribution in [0.25, 0.3) is 0 Å². The highest BCUT2D eigenvalue weighted by atomic mass is 16.5. The Bertz CT molecular complexity index is 291. The Balaban J connectivity index is 2.25. The number of nitrogens with one attached hydrogen (secondary N) is 1. The van der Waals surface area contributed by atoms with Crippen LogP contribution in [-0.4, -0.2) is 53.8 Å². The normalized spacial score (nSPS) is 18.8. The van der Waals surface area contributed by atoms with Gasteiger partial charge in [-0.3, -0.25) is 4.79 Å². The van der Waals surface area contributed by atoms with Crippen molar-refractivity contribution in [1.82, 2.24) is 10.2 Å². The van der Waals surface area contributed by atoms with Crippen LogP contribution in [0.3, 0.4) is 0 Å². The lowest BCUT2D eigenvalue weighted by Gasteiger charge is -2.38. The van der Waals surface area contributed by atoms with E-state index in [2.05, 4.69) is 5.32 Å². The summed E-state index contributed by atoms with van der Waals surface area (Å²) in [5, 5.41) is 11.2. The van der Waals surface area contributed by atoms with Crippen LogP contribution in [0.1, 0.15) is 26.7 Å². The van der Waals surface area contributed by atoms with E-state index >= 15 is 0 Å². The molecule has 2 amide bonds. The number of amides is 2. The number of ether oxygens (including phenoxy) is 1. The Morgan fingerprint density at radius 3 is 2.76 bits per heavy atom. The van der Waals surface area contributed by atoms with E-state index in [1.165, 1.54) is 0 Å². The van der Waals surface area contributed by atoms with Crippen LogP contribution in [0, 0.1) is 0 Å². The number of hydrogen-bond donors (Lipinski definition) is 2. The molecule has 1 aliphatic rings. The van der Waals surface area contributed by atoms with Gasteiger partial charge in [-0.2, -0.15) is 0 Å². The summed E-state index contributed by atoms with van der Waals surface area (Å²) in [5.41, 5.74) is -0.309. The summed E-state index contributed by atoms with van der Waals surface area (Å²) in [4.78, 5) is 23.7. The highest BCUT2D eigenvalue weighted by Crippen LogP contribution is 2.16. The van der Waals surface area contributed by atoms with Crippen LogP contribution in [0.5, 0.6) is 0 Å². The van der Waals surface area contributed by atoms with Gasteiger partial charge >= 0.3 is 12.0 Å². The van der Waals surface area contributed by atoms with E-state index in [-0.39, 0.29) is 18.1 Å². The van der Waals surface area contributed by atoms with Crippen molar-refractivity contribution < 1.29 is 19.4 Å². The third kappa shape index (κ3) is 5.04. The van der Waals surface area contributed by atoms with Crippen molar-refractivity contribution >= 4 is 12.0 Å². The smallest absolute Gasteiger partial charge is 0.317 e. The van der Waals surface area contributed by atoms with E-state index in [1.807, 2.05) is 13.8 Å². The van der Waals surface area contributed by atoms with E-state index in [0.29, 0.717) is 32.7 Å². The van der Waals surface area contributed by atoms with Crippen molar-refractivity contribution in [3.63, 3.8) is 0 Å². The van der Waals surface area contributed by atoms with Crippen molar-refractivity contribution in [2.75, 3.05) is 26.2 Å². The molecule has 0 bridgehead atoms. The van der Waals surface area contributed by atoms with E-state index in [9.17, 15) is 9.59 Å². The number of carboxylic acids is 1. The van der Waals surface area contributed by atoms with Crippen LogP contribution in [0.15, 0.2) is 0 Å². The number of urea groups is 1. The minimum Gasteiger partial charge on any atom is -0.481 e. The highest BCUT2D eigenvalue weighted by Gasteiger charge is 2.29. The molecule has 17 heavy (non-hydrogen) atoms. The Kier molecular flexibility index (Phi) is 4.74. The van der Waals surface area contributed by atoms with Gasteiger partial charge in [0.15, 0.2) is 0 Å². The summed E-state index contributed by atoms with van der Waals surface area (Å²) >= 11 is 0. The first-order chi connectivity index (χ1) is 7.91. The van der Waals surface area contributed by atoms with E-state index in [0.717, 1.165) is 0 Å². The lowest BCUT2D eigenvalue weighted by atomic mass is 10.1. The molecular formula is C11H20N2O4. The average Bonchev–Trinajstić information content (AvgIpc) is 2.22. The summed E-state index contributed by atoms with van der Waals surface area (Å²) in [6.07, 6.45) is 0.531. The Morgan fingerprint density at radius 2 is 2.18 bits per heavy atom. The van der Waals surface area contributed by atoms with Gasteiger partial charge in [-0.25, -0.2) is 4.79 Å². The molecule has 0 unspecified atom stereocenters. The second-order valence-corrected chi connectivity index (χ2v) is 4.76. The molecule has 0 aliphatic carbocycles. The molecule has 6 nitrogen and oxygen atoms in total. The van der Waals surface area contributed by atoms with Gasteiger partial charge in [-0.05, 0) is 20.3 Å². The molecule has 0 saturated carbocycles. The first-order valence-electron chi connectivity index (χ1n) is 5.79. The van der Waals surface area contributed by atoms with Crippen molar-refractivity contribution in [1.29, 1.82) is 0 Å². The Hall–Kier alpha value is -1.30. The van der Waals surface area contributed by atoms with Gasteiger partial charge < -0.3 is 20.1 Å². The zero-order chi connectivity index (χ0) is 12.9. The maximum absolute atomic E-state index is 11.7. The van der Waals surface area contributed by atoms with E-state index < -0.39 is 5.97 Å². The third-order valence-corrected chi connectivity index (χ3v) is 2.56. The number of carbonyl (C=O) groups excluding carboxylic acids is 1. The van der Waals surface area contributed by atoms with Crippen LogP contribution in [0.4, 0.5) is 4.79 Å². The predicted octanol–water partition coefficient (Wildman–Crippen LogP) is 0.672. The molecule has 1 rings (SSSR count). The van der Waals surface area contributed by atoms with E-state index in [4.69, 9.17) is 9.84 Å². The monoisotopic (exact) mass is 244 g/mol. The molecule has 0 aromatic heterocycles. The second-order valence-electron chi connectivity index (χ2n) is 4.76. The fourth-order valence-corrected chi connectivity index (χ4v) is 1.74. The van der Waals surface area contributed by atoms with Gasteiger partial charge in [0.25, 0.3) is 0 Å². The summed E-state index contributed by atoms with van der Waals surface area (Å²) < 4.78 is 5.50. The van der Waals surface area contributed by atoms with Crippen molar-refractivity contribution in [3.05, 3.63) is 0 Å². The predicted molar refractivity (Wildman–Crippen MR) is 61.9 cm³/mol. The molecule has 98 valence electrons. The first-order valence-corrected chi connectivity index (χ1v) is 5.79. The maximum atomic E-state index is 11.7. The Morgan fingerprint density at radius 1 is 1.47 bits per heavy atom. The number of carbonyl (C=O) groups is 2. The van der Waals surface area contributed by atoms with Crippen LogP contribution in [0.2, 0.25) is 0 Å². The van der Waals surface area contributed by atoms with Crippen LogP contribution in [-0.2, 0) is 9.53 Å². The minimum absolute atomic E-state index is 0.0783. The SMILES string of the molecule is CC1(C)CN(C(=O)NCCCC(=O)O)CCO1. The number of hydrogen-bond acceptors (Lipinski definition) is 3. The third-order valence-electron chi connectivity index (χ3n) is 2.56. The summed E-state index contributed by atoms with van der Waals surface area (Å²) in [6, 6.07) is -0.147. The largest absolute Gasteiger partial charge is 0.481 e. The summed E-state index contributed by atoms with van der Waals surface area (Å²) in [5.74, 6) is -0.841. The molecule has 1 fully saturated rings. The van der Waals surface area contributed by atoms with Crippen LogP contribution >= 0.6 is 0 Å². The average molecular weight is 244 g/mol. The molecule has 1 heterocycles. The summed E-state index contributed by atoms with van der Waals surface area (Å²) in [7, 11) is 0. The van der Waals surface area contributed by atoms with Gasteiger partial charge in [0.05, 0.1) is 18.8 Å². The van der Waals surface area contributed by atoms with Gasteiger partial charge in [0.1, 0.15) is 0 Å². The molecule has 6 heteroatoms. The molecule has 0 atom stereocenters. The molecule has 0 aromatic rings. The molecular weight excluding hydrogens is 224 g/mol.